The molecule has 0 aliphatic carbocycles. The van der Waals surface area contributed by atoms with Crippen molar-refractivity contribution in [3.63, 3.8) is 0 Å². The van der Waals surface area contributed by atoms with Crippen LogP contribution in [-0.4, -0.2) is 4.57 Å². The zero-order valence-corrected chi connectivity index (χ0v) is 13.7. The molecule has 3 rings (SSSR count). The minimum Gasteiger partial charge on any atom is -0.341 e. The van der Waals surface area contributed by atoms with E-state index in [-0.39, 0.29) is 5.82 Å². The van der Waals surface area contributed by atoms with E-state index in [1.165, 1.54) is 34.3 Å². The summed E-state index contributed by atoms with van der Waals surface area (Å²) in [5.41, 5.74) is 4.71. The second-order valence-corrected chi connectivity index (χ2v) is 6.00. The minimum atomic E-state index is -0.202. The van der Waals surface area contributed by atoms with E-state index in [4.69, 9.17) is 0 Å². The third-order valence-electron chi connectivity index (χ3n) is 3.79. The molecule has 0 saturated heterocycles. The number of halogens is 2. The molecule has 0 amide bonds. The van der Waals surface area contributed by atoms with Crippen molar-refractivity contribution in [1.29, 1.82) is 0 Å². The van der Waals surface area contributed by atoms with Gasteiger partial charge in [0.2, 0.25) is 0 Å². The molecule has 3 aromatic rings. The Hall–Kier alpha value is -1.61. The first-order valence-electron chi connectivity index (χ1n) is 7.07. The van der Waals surface area contributed by atoms with E-state index in [1.54, 1.807) is 0 Å². The maximum Gasteiger partial charge on any atom is 0.123 e. The van der Waals surface area contributed by atoms with Crippen molar-refractivity contribution in [3.05, 3.63) is 60.0 Å². The van der Waals surface area contributed by atoms with Crippen LogP contribution in [-0.2, 0) is 5.33 Å². The van der Waals surface area contributed by atoms with E-state index < -0.39 is 0 Å². The Balaban J connectivity index is 2.38. The van der Waals surface area contributed by atoms with Crippen molar-refractivity contribution in [2.45, 2.75) is 25.2 Å². The van der Waals surface area contributed by atoms with Gasteiger partial charge in [-0.1, -0.05) is 46.3 Å². The molecule has 0 fully saturated rings. The molecule has 1 aromatic heterocycles. The summed E-state index contributed by atoms with van der Waals surface area (Å²) in [5.74, 6) is -0.202. The first-order valence-corrected chi connectivity index (χ1v) is 8.19. The molecule has 0 unspecified atom stereocenters. The molecule has 0 aliphatic heterocycles. The average Bonchev–Trinajstić information content (AvgIpc) is 2.82. The quantitative estimate of drug-likeness (QED) is 0.519. The van der Waals surface area contributed by atoms with E-state index in [1.807, 2.05) is 12.1 Å². The van der Waals surface area contributed by atoms with Crippen LogP contribution in [0.2, 0.25) is 0 Å². The van der Waals surface area contributed by atoms with Gasteiger partial charge in [0, 0.05) is 33.5 Å². The van der Waals surface area contributed by atoms with Crippen molar-refractivity contribution < 1.29 is 4.39 Å². The highest BCUT2D eigenvalue weighted by Gasteiger charge is 2.18. The lowest BCUT2D eigenvalue weighted by molar-refractivity contribution is 0.607. The summed E-state index contributed by atoms with van der Waals surface area (Å²) in [4.78, 5) is 0. The fourth-order valence-electron chi connectivity index (χ4n) is 2.98. The normalized spacial score (nSPS) is 11.5. The van der Waals surface area contributed by atoms with Crippen molar-refractivity contribution in [1.82, 2.24) is 4.57 Å². The van der Waals surface area contributed by atoms with Gasteiger partial charge in [0.15, 0.2) is 0 Å². The summed E-state index contributed by atoms with van der Waals surface area (Å²) in [6, 6.07) is 15.5. The predicted molar refractivity (Wildman–Crippen MR) is 90.3 cm³/mol. The van der Waals surface area contributed by atoms with Crippen LogP contribution in [0.5, 0.6) is 0 Å². The smallest absolute Gasteiger partial charge is 0.123 e. The highest BCUT2D eigenvalue weighted by Crippen LogP contribution is 2.37. The minimum absolute atomic E-state index is 0.202. The van der Waals surface area contributed by atoms with Crippen molar-refractivity contribution in [3.8, 4) is 11.1 Å². The molecule has 0 saturated carbocycles. The molecular formula is C18H17BrFN. The molecule has 0 spiro atoms. The van der Waals surface area contributed by atoms with Crippen LogP contribution in [0.1, 0.15) is 25.6 Å². The van der Waals surface area contributed by atoms with Crippen molar-refractivity contribution in [2.24, 2.45) is 0 Å². The molecule has 0 atom stereocenters. The molecule has 0 bridgehead atoms. The zero-order valence-electron chi connectivity index (χ0n) is 12.1. The second kappa shape index (κ2) is 5.64. The summed E-state index contributed by atoms with van der Waals surface area (Å²) in [6.07, 6.45) is 0. The van der Waals surface area contributed by atoms with Gasteiger partial charge < -0.3 is 4.57 Å². The number of benzene rings is 2. The van der Waals surface area contributed by atoms with Gasteiger partial charge in [-0.2, -0.15) is 0 Å². The number of hydrogen-bond donors (Lipinski definition) is 0. The summed E-state index contributed by atoms with van der Waals surface area (Å²) >= 11 is 3.62. The first kappa shape index (κ1) is 14.3. The molecule has 1 heterocycles. The van der Waals surface area contributed by atoms with Crippen LogP contribution in [0.3, 0.4) is 0 Å². The highest BCUT2D eigenvalue weighted by atomic mass is 79.9. The van der Waals surface area contributed by atoms with Gasteiger partial charge in [0.25, 0.3) is 0 Å². The van der Waals surface area contributed by atoms with Gasteiger partial charge in [0.05, 0.1) is 0 Å². The lowest BCUT2D eigenvalue weighted by atomic mass is 10.0. The van der Waals surface area contributed by atoms with E-state index >= 15 is 0 Å². The van der Waals surface area contributed by atoms with E-state index in [2.05, 4.69) is 58.6 Å². The van der Waals surface area contributed by atoms with Gasteiger partial charge in [0.1, 0.15) is 5.82 Å². The molecule has 21 heavy (non-hydrogen) atoms. The number of hydrogen-bond acceptors (Lipinski definition) is 0. The molecule has 2 aromatic carbocycles. The van der Waals surface area contributed by atoms with E-state index in [0.29, 0.717) is 6.04 Å². The largest absolute Gasteiger partial charge is 0.341 e. The fraction of sp³-hybridized carbons (Fsp3) is 0.222. The average molecular weight is 346 g/mol. The molecule has 0 N–H and O–H groups in total. The van der Waals surface area contributed by atoms with Gasteiger partial charge in [-0.05, 0) is 37.6 Å². The van der Waals surface area contributed by atoms with Gasteiger partial charge in [-0.15, -0.1) is 0 Å². The summed E-state index contributed by atoms with van der Waals surface area (Å²) in [5, 5.41) is 1.99. The number of aromatic nitrogens is 1. The SMILES string of the molecule is CC(C)n1c(CBr)c(-c2ccc(F)cc2)c2ccccc21. The van der Waals surface area contributed by atoms with Gasteiger partial charge in [-0.3, -0.25) is 0 Å². The zero-order chi connectivity index (χ0) is 15.0. The van der Waals surface area contributed by atoms with Gasteiger partial charge in [-0.25, -0.2) is 4.39 Å². The first-order chi connectivity index (χ1) is 10.1. The molecule has 1 nitrogen and oxygen atoms in total. The third-order valence-corrected chi connectivity index (χ3v) is 4.32. The summed E-state index contributed by atoms with van der Waals surface area (Å²) in [7, 11) is 0. The maximum absolute atomic E-state index is 13.2. The van der Waals surface area contributed by atoms with Crippen LogP contribution in [0, 0.1) is 5.82 Å². The number of para-hydroxylation sites is 1. The second-order valence-electron chi connectivity index (χ2n) is 5.44. The maximum atomic E-state index is 13.2. The Morgan fingerprint density at radius 2 is 1.71 bits per heavy atom. The van der Waals surface area contributed by atoms with E-state index in [0.717, 1.165) is 10.9 Å². The lowest BCUT2D eigenvalue weighted by Crippen LogP contribution is -2.04. The molecule has 108 valence electrons. The topological polar surface area (TPSA) is 4.93 Å². The number of alkyl halides is 1. The Bertz CT molecular complexity index is 772. The molecule has 0 radical (unpaired) electrons. The van der Waals surface area contributed by atoms with Crippen LogP contribution in [0.25, 0.3) is 22.0 Å². The Morgan fingerprint density at radius 1 is 1.05 bits per heavy atom. The standard InChI is InChI=1S/C18H17BrFN/c1-12(2)21-16-6-4-3-5-15(16)18(17(21)11-19)13-7-9-14(20)10-8-13/h3-10,12H,11H2,1-2H3. The van der Waals surface area contributed by atoms with Crippen LogP contribution >= 0.6 is 15.9 Å². The molecule has 0 aliphatic rings. The summed E-state index contributed by atoms with van der Waals surface area (Å²) < 4.78 is 15.6. The monoisotopic (exact) mass is 345 g/mol. The number of fused-ring (bicyclic) bond motifs is 1. The fourth-order valence-corrected chi connectivity index (χ4v) is 3.53. The Kier molecular flexibility index (Phi) is 3.85. The number of nitrogens with zero attached hydrogens (tertiary/aromatic N) is 1. The van der Waals surface area contributed by atoms with Gasteiger partial charge >= 0.3 is 0 Å². The predicted octanol–water partition coefficient (Wildman–Crippen LogP) is 5.92. The molecule has 3 heteroatoms. The van der Waals surface area contributed by atoms with Crippen molar-refractivity contribution in [2.75, 3.05) is 0 Å². The van der Waals surface area contributed by atoms with Crippen LogP contribution in [0.4, 0.5) is 4.39 Å². The van der Waals surface area contributed by atoms with E-state index in [9.17, 15) is 4.39 Å². The van der Waals surface area contributed by atoms with Crippen LogP contribution in [0.15, 0.2) is 48.5 Å². The highest BCUT2D eigenvalue weighted by molar-refractivity contribution is 9.08. The van der Waals surface area contributed by atoms with Crippen LogP contribution < -0.4 is 0 Å². The Labute approximate surface area is 132 Å². The Morgan fingerprint density at radius 3 is 2.33 bits per heavy atom. The number of rotatable bonds is 3. The lowest BCUT2D eigenvalue weighted by Gasteiger charge is -2.14. The molecular weight excluding hydrogens is 329 g/mol. The summed E-state index contributed by atoms with van der Waals surface area (Å²) in [6.45, 7) is 4.38. The van der Waals surface area contributed by atoms with Crippen molar-refractivity contribution >= 4 is 26.8 Å². The third kappa shape index (κ3) is 2.40.